The lowest BCUT2D eigenvalue weighted by Crippen LogP contribution is -2.40. The Morgan fingerprint density at radius 2 is 1.82 bits per heavy atom. The summed E-state index contributed by atoms with van der Waals surface area (Å²) in [5.74, 6) is -2.04. The minimum Gasteiger partial charge on any atom is -0.481 e. The number of aliphatic carboxylic acids is 1. The zero-order valence-corrected chi connectivity index (χ0v) is 10.4. The van der Waals surface area contributed by atoms with Crippen LogP contribution in [0.3, 0.4) is 0 Å². The summed E-state index contributed by atoms with van der Waals surface area (Å²) in [4.78, 5) is 33.1. The number of hydrogen-bond donors (Lipinski definition) is 2. The quantitative estimate of drug-likeness (QED) is 0.639. The molecule has 1 amide bonds. The molecule has 0 bridgehead atoms. The number of amides is 1. The minimum absolute atomic E-state index is 0.0682. The lowest BCUT2D eigenvalue weighted by atomic mass is 10.0. The first-order valence-electron chi connectivity index (χ1n) is 5.54. The van der Waals surface area contributed by atoms with Crippen molar-refractivity contribution >= 4 is 17.8 Å². The van der Waals surface area contributed by atoms with Crippen LogP contribution >= 0.6 is 0 Å². The fraction of sp³-hybridized carbons (Fsp3) is 0.727. The van der Waals surface area contributed by atoms with E-state index in [1.807, 2.05) is 0 Å². The van der Waals surface area contributed by atoms with Gasteiger partial charge < -0.3 is 15.2 Å². The van der Waals surface area contributed by atoms with Crippen LogP contribution in [0.2, 0.25) is 0 Å². The van der Waals surface area contributed by atoms with Gasteiger partial charge in [-0.1, -0.05) is 6.92 Å². The van der Waals surface area contributed by atoms with Crippen molar-refractivity contribution in [2.24, 2.45) is 5.92 Å². The third kappa shape index (κ3) is 7.32. The van der Waals surface area contributed by atoms with Crippen molar-refractivity contribution in [3.63, 3.8) is 0 Å². The summed E-state index contributed by atoms with van der Waals surface area (Å²) in [7, 11) is 0. The highest BCUT2D eigenvalue weighted by atomic mass is 16.5. The number of carbonyl (C=O) groups is 3. The molecule has 6 heteroatoms. The Labute approximate surface area is 100 Å². The number of rotatable bonds is 7. The largest absolute Gasteiger partial charge is 0.481 e. The van der Waals surface area contributed by atoms with Gasteiger partial charge in [-0.15, -0.1) is 0 Å². The summed E-state index contributed by atoms with van der Waals surface area (Å²) in [6.07, 6.45) is 0.0112. The van der Waals surface area contributed by atoms with Crippen molar-refractivity contribution in [1.29, 1.82) is 0 Å². The SMILES string of the molecule is CCOC(=O)C(C)NC(=O)CC(C)CC(=O)O. The van der Waals surface area contributed by atoms with E-state index in [-0.39, 0.29) is 31.3 Å². The van der Waals surface area contributed by atoms with Gasteiger partial charge in [0.05, 0.1) is 6.61 Å². The van der Waals surface area contributed by atoms with E-state index in [2.05, 4.69) is 5.32 Å². The smallest absolute Gasteiger partial charge is 0.328 e. The first-order valence-corrected chi connectivity index (χ1v) is 5.54. The molecule has 2 atom stereocenters. The molecule has 0 fully saturated rings. The van der Waals surface area contributed by atoms with Gasteiger partial charge in [0.25, 0.3) is 0 Å². The maximum absolute atomic E-state index is 11.4. The Balaban J connectivity index is 4.00. The lowest BCUT2D eigenvalue weighted by molar-refractivity contribution is -0.147. The molecule has 0 spiro atoms. The van der Waals surface area contributed by atoms with Crippen LogP contribution in [0.1, 0.15) is 33.6 Å². The van der Waals surface area contributed by atoms with E-state index in [4.69, 9.17) is 9.84 Å². The Bertz CT molecular complexity index is 290. The van der Waals surface area contributed by atoms with Gasteiger partial charge >= 0.3 is 11.9 Å². The van der Waals surface area contributed by atoms with Crippen LogP contribution in [-0.2, 0) is 19.1 Å². The summed E-state index contributed by atoms with van der Waals surface area (Å²) in [6, 6.07) is -0.709. The van der Waals surface area contributed by atoms with Crippen LogP contribution in [0.15, 0.2) is 0 Å². The highest BCUT2D eigenvalue weighted by Gasteiger charge is 2.18. The van der Waals surface area contributed by atoms with E-state index < -0.39 is 18.0 Å². The number of esters is 1. The van der Waals surface area contributed by atoms with Crippen molar-refractivity contribution < 1.29 is 24.2 Å². The Hall–Kier alpha value is -1.59. The van der Waals surface area contributed by atoms with Crippen molar-refractivity contribution in [3.8, 4) is 0 Å². The molecule has 0 heterocycles. The second-order valence-corrected chi connectivity index (χ2v) is 3.95. The number of carbonyl (C=O) groups excluding carboxylic acids is 2. The van der Waals surface area contributed by atoms with Crippen LogP contribution < -0.4 is 5.32 Å². The molecule has 0 rings (SSSR count). The standard InChI is InChI=1S/C11H19NO5/c1-4-17-11(16)8(3)12-9(13)5-7(2)6-10(14)15/h7-8H,4-6H2,1-3H3,(H,12,13)(H,14,15). The third-order valence-electron chi connectivity index (χ3n) is 2.07. The third-order valence-corrected chi connectivity index (χ3v) is 2.07. The predicted molar refractivity (Wildman–Crippen MR) is 60.3 cm³/mol. The summed E-state index contributed by atoms with van der Waals surface area (Å²) >= 11 is 0. The summed E-state index contributed by atoms with van der Waals surface area (Å²) in [6.45, 7) is 5.14. The van der Waals surface area contributed by atoms with Gasteiger partial charge in [-0.25, -0.2) is 4.79 Å². The number of carboxylic acid groups (broad SMARTS) is 1. The molecule has 0 saturated carbocycles. The molecule has 2 N–H and O–H groups in total. The maximum Gasteiger partial charge on any atom is 0.328 e. The number of ether oxygens (including phenoxy) is 1. The first-order chi connectivity index (χ1) is 7.86. The average molecular weight is 245 g/mol. The van der Waals surface area contributed by atoms with Crippen LogP contribution in [-0.4, -0.2) is 35.6 Å². The van der Waals surface area contributed by atoms with Gasteiger partial charge in [-0.2, -0.15) is 0 Å². The van der Waals surface area contributed by atoms with E-state index in [9.17, 15) is 14.4 Å². The fourth-order valence-corrected chi connectivity index (χ4v) is 1.31. The Morgan fingerprint density at radius 3 is 2.29 bits per heavy atom. The maximum atomic E-state index is 11.4. The second kappa shape index (κ2) is 7.65. The van der Waals surface area contributed by atoms with Gasteiger partial charge in [0, 0.05) is 12.8 Å². The molecule has 6 nitrogen and oxygen atoms in total. The molecule has 0 aliphatic heterocycles. The molecular weight excluding hydrogens is 226 g/mol. The number of hydrogen-bond acceptors (Lipinski definition) is 4. The monoisotopic (exact) mass is 245 g/mol. The van der Waals surface area contributed by atoms with Crippen LogP contribution in [0, 0.1) is 5.92 Å². The van der Waals surface area contributed by atoms with E-state index in [0.717, 1.165) is 0 Å². The molecule has 17 heavy (non-hydrogen) atoms. The molecule has 0 aromatic heterocycles. The normalized spacial score (nSPS) is 13.6. The molecule has 0 aliphatic carbocycles. The summed E-state index contributed by atoms with van der Waals surface area (Å²) < 4.78 is 4.73. The Morgan fingerprint density at radius 1 is 1.24 bits per heavy atom. The van der Waals surface area contributed by atoms with Crippen LogP contribution in [0.4, 0.5) is 0 Å². The zero-order valence-electron chi connectivity index (χ0n) is 10.4. The molecule has 0 saturated heterocycles. The van der Waals surface area contributed by atoms with Gasteiger partial charge in [-0.05, 0) is 19.8 Å². The van der Waals surface area contributed by atoms with E-state index in [0.29, 0.717) is 0 Å². The number of carboxylic acids is 1. The average Bonchev–Trinajstić information content (AvgIpc) is 2.15. The first kappa shape index (κ1) is 15.4. The highest BCUT2D eigenvalue weighted by Crippen LogP contribution is 2.07. The predicted octanol–water partition coefficient (Wildman–Crippen LogP) is 0.555. The van der Waals surface area contributed by atoms with Gasteiger partial charge in [0.2, 0.25) is 5.91 Å². The molecule has 98 valence electrons. The van der Waals surface area contributed by atoms with E-state index >= 15 is 0 Å². The molecule has 2 unspecified atom stereocenters. The van der Waals surface area contributed by atoms with Gasteiger partial charge in [-0.3, -0.25) is 9.59 Å². The summed E-state index contributed by atoms with van der Waals surface area (Å²) in [5.41, 5.74) is 0. The lowest BCUT2D eigenvalue weighted by Gasteiger charge is -2.14. The van der Waals surface area contributed by atoms with Crippen molar-refractivity contribution in [3.05, 3.63) is 0 Å². The minimum atomic E-state index is -0.941. The van der Waals surface area contributed by atoms with Crippen molar-refractivity contribution in [1.82, 2.24) is 5.32 Å². The molecular formula is C11H19NO5. The fourth-order valence-electron chi connectivity index (χ4n) is 1.31. The van der Waals surface area contributed by atoms with Crippen molar-refractivity contribution in [2.45, 2.75) is 39.7 Å². The van der Waals surface area contributed by atoms with Crippen LogP contribution in [0.5, 0.6) is 0 Å². The molecule has 0 aliphatic rings. The second-order valence-electron chi connectivity index (χ2n) is 3.95. The van der Waals surface area contributed by atoms with E-state index in [1.54, 1.807) is 13.8 Å². The summed E-state index contributed by atoms with van der Waals surface area (Å²) in [5, 5.41) is 11.0. The highest BCUT2D eigenvalue weighted by molar-refractivity contribution is 5.84. The van der Waals surface area contributed by atoms with Gasteiger partial charge in [0.15, 0.2) is 0 Å². The van der Waals surface area contributed by atoms with Gasteiger partial charge in [0.1, 0.15) is 6.04 Å². The molecule has 0 aromatic carbocycles. The number of nitrogens with one attached hydrogen (secondary N) is 1. The van der Waals surface area contributed by atoms with E-state index in [1.165, 1.54) is 6.92 Å². The molecule has 0 radical (unpaired) electrons. The zero-order chi connectivity index (χ0) is 13.4. The topological polar surface area (TPSA) is 92.7 Å². The van der Waals surface area contributed by atoms with Crippen LogP contribution in [0.25, 0.3) is 0 Å². The Kier molecular flexibility index (Phi) is 6.93. The van der Waals surface area contributed by atoms with Crippen molar-refractivity contribution in [2.75, 3.05) is 6.61 Å². The molecule has 0 aromatic rings.